The second-order valence-electron chi connectivity index (χ2n) is 7.25. The van der Waals surface area contributed by atoms with Gasteiger partial charge in [-0.2, -0.15) is 0 Å². The Balaban J connectivity index is 1.76. The van der Waals surface area contributed by atoms with E-state index in [1.54, 1.807) is 12.1 Å². The summed E-state index contributed by atoms with van der Waals surface area (Å²) in [7, 11) is 0. The van der Waals surface area contributed by atoms with Crippen molar-refractivity contribution in [2.45, 2.75) is 44.2 Å². The Morgan fingerprint density at radius 3 is 2.52 bits per heavy atom. The van der Waals surface area contributed by atoms with Crippen LogP contribution in [0.25, 0.3) is 10.9 Å². The number of nitrogens with one attached hydrogen (secondary N) is 1. The molecule has 6 nitrogen and oxygen atoms in total. The third kappa shape index (κ3) is 3.04. The van der Waals surface area contributed by atoms with Crippen molar-refractivity contribution in [2.24, 2.45) is 0 Å². The molecule has 0 bridgehead atoms. The minimum atomic E-state index is -0.304. The van der Waals surface area contributed by atoms with E-state index in [9.17, 15) is 9.59 Å². The van der Waals surface area contributed by atoms with Gasteiger partial charge in [-0.05, 0) is 25.0 Å². The zero-order chi connectivity index (χ0) is 17.3. The van der Waals surface area contributed by atoms with Crippen molar-refractivity contribution >= 4 is 10.9 Å². The predicted octanol–water partition coefficient (Wildman–Crippen LogP) is 1.72. The van der Waals surface area contributed by atoms with E-state index in [0.717, 1.165) is 52.0 Å². The monoisotopic (exact) mass is 343 g/mol. The number of ether oxygens (including phenoxy) is 1. The molecule has 0 amide bonds. The zero-order valence-electron chi connectivity index (χ0n) is 14.5. The molecule has 1 aliphatic carbocycles. The van der Waals surface area contributed by atoms with E-state index in [4.69, 9.17) is 4.74 Å². The highest BCUT2D eigenvalue weighted by Crippen LogP contribution is 2.35. The van der Waals surface area contributed by atoms with Gasteiger partial charge in [0.25, 0.3) is 5.56 Å². The highest BCUT2D eigenvalue weighted by atomic mass is 16.5. The molecule has 25 heavy (non-hydrogen) atoms. The SMILES string of the molecule is O=c1[nH]c2ccccc2c(=O)n1CC1(N2CCOCC2)CCCCC1. The van der Waals surface area contributed by atoms with Gasteiger partial charge in [-0.1, -0.05) is 31.4 Å². The molecule has 6 heteroatoms. The molecule has 1 aromatic carbocycles. The lowest BCUT2D eigenvalue weighted by Crippen LogP contribution is -2.58. The van der Waals surface area contributed by atoms with Crippen molar-refractivity contribution in [3.63, 3.8) is 0 Å². The van der Waals surface area contributed by atoms with E-state index >= 15 is 0 Å². The van der Waals surface area contributed by atoms with E-state index in [-0.39, 0.29) is 16.8 Å². The lowest BCUT2D eigenvalue weighted by atomic mass is 9.79. The number of morpholine rings is 1. The van der Waals surface area contributed by atoms with Gasteiger partial charge >= 0.3 is 5.69 Å². The number of aromatic nitrogens is 2. The number of hydrogen-bond acceptors (Lipinski definition) is 4. The second kappa shape index (κ2) is 6.77. The Labute approximate surface area is 146 Å². The average Bonchev–Trinajstić information content (AvgIpc) is 2.67. The van der Waals surface area contributed by atoms with Gasteiger partial charge in [0.1, 0.15) is 0 Å². The predicted molar refractivity (Wildman–Crippen MR) is 97.0 cm³/mol. The molecule has 2 fully saturated rings. The Morgan fingerprint density at radius 1 is 1.04 bits per heavy atom. The van der Waals surface area contributed by atoms with Crippen LogP contribution in [0.5, 0.6) is 0 Å². The van der Waals surface area contributed by atoms with Crippen LogP contribution in [0.1, 0.15) is 32.1 Å². The molecule has 2 heterocycles. The zero-order valence-corrected chi connectivity index (χ0v) is 14.5. The van der Waals surface area contributed by atoms with E-state index in [1.807, 2.05) is 12.1 Å². The molecular formula is C19H25N3O3. The summed E-state index contributed by atoms with van der Waals surface area (Å²) in [4.78, 5) is 30.9. The van der Waals surface area contributed by atoms with Gasteiger partial charge in [0.2, 0.25) is 0 Å². The summed E-state index contributed by atoms with van der Waals surface area (Å²) in [5.41, 5.74) is 0.0127. The van der Waals surface area contributed by atoms with Gasteiger partial charge in [-0.25, -0.2) is 4.79 Å². The molecule has 0 atom stereocenters. The standard InChI is InChI=1S/C19H25N3O3/c23-17-15-6-2-3-7-16(15)20-18(24)22(17)14-19(8-4-1-5-9-19)21-10-12-25-13-11-21/h2-3,6-7H,1,4-5,8-14H2,(H,20,24). The average molecular weight is 343 g/mol. The summed E-state index contributed by atoms with van der Waals surface area (Å²) in [5, 5.41) is 0.579. The summed E-state index contributed by atoms with van der Waals surface area (Å²) in [6.07, 6.45) is 5.60. The van der Waals surface area contributed by atoms with Gasteiger partial charge in [-0.15, -0.1) is 0 Å². The first-order chi connectivity index (χ1) is 12.2. The molecule has 0 radical (unpaired) electrons. The smallest absolute Gasteiger partial charge is 0.328 e. The fourth-order valence-corrected chi connectivity index (χ4v) is 4.46. The first-order valence-corrected chi connectivity index (χ1v) is 9.24. The van der Waals surface area contributed by atoms with Crippen molar-refractivity contribution in [1.82, 2.24) is 14.5 Å². The number of benzene rings is 1. The quantitative estimate of drug-likeness (QED) is 0.922. The summed E-state index contributed by atoms with van der Waals surface area (Å²) < 4.78 is 6.93. The number of H-pyrrole nitrogens is 1. The van der Waals surface area contributed by atoms with Gasteiger partial charge in [-0.3, -0.25) is 14.3 Å². The van der Waals surface area contributed by atoms with Gasteiger partial charge in [0, 0.05) is 25.2 Å². The van der Waals surface area contributed by atoms with Crippen LogP contribution in [0.2, 0.25) is 0 Å². The molecular weight excluding hydrogens is 318 g/mol. The number of aromatic amines is 1. The summed E-state index contributed by atoms with van der Waals surface area (Å²) in [5.74, 6) is 0. The maximum absolute atomic E-state index is 12.9. The molecule has 1 aromatic heterocycles. The first-order valence-electron chi connectivity index (χ1n) is 9.24. The lowest BCUT2D eigenvalue weighted by molar-refractivity contribution is -0.0453. The minimum absolute atomic E-state index is 0.110. The minimum Gasteiger partial charge on any atom is -0.379 e. The molecule has 2 aromatic rings. The van der Waals surface area contributed by atoms with Crippen LogP contribution in [0.15, 0.2) is 33.9 Å². The molecule has 4 rings (SSSR count). The molecule has 0 spiro atoms. The van der Waals surface area contributed by atoms with Crippen LogP contribution >= 0.6 is 0 Å². The summed E-state index contributed by atoms with van der Waals surface area (Å²) in [6.45, 7) is 3.67. The highest BCUT2D eigenvalue weighted by Gasteiger charge is 2.39. The van der Waals surface area contributed by atoms with Crippen LogP contribution in [0.3, 0.4) is 0 Å². The Morgan fingerprint density at radius 2 is 1.76 bits per heavy atom. The molecule has 0 unspecified atom stereocenters. The van der Waals surface area contributed by atoms with E-state index in [0.29, 0.717) is 17.4 Å². The maximum atomic E-state index is 12.9. The van der Waals surface area contributed by atoms with Crippen LogP contribution in [-0.2, 0) is 11.3 Å². The molecule has 2 aliphatic rings. The third-order valence-electron chi connectivity index (χ3n) is 5.81. The van der Waals surface area contributed by atoms with Crippen molar-refractivity contribution in [3.8, 4) is 0 Å². The van der Waals surface area contributed by atoms with E-state index < -0.39 is 0 Å². The Hall–Kier alpha value is -1.92. The largest absolute Gasteiger partial charge is 0.379 e. The fraction of sp³-hybridized carbons (Fsp3) is 0.579. The van der Waals surface area contributed by atoms with Crippen molar-refractivity contribution in [1.29, 1.82) is 0 Å². The van der Waals surface area contributed by atoms with Crippen molar-refractivity contribution in [2.75, 3.05) is 26.3 Å². The molecule has 1 aliphatic heterocycles. The van der Waals surface area contributed by atoms with Crippen LogP contribution in [-0.4, -0.2) is 46.3 Å². The van der Waals surface area contributed by atoms with Crippen LogP contribution < -0.4 is 11.2 Å². The van der Waals surface area contributed by atoms with E-state index in [2.05, 4.69) is 9.88 Å². The summed E-state index contributed by atoms with van der Waals surface area (Å²) in [6, 6.07) is 7.23. The van der Waals surface area contributed by atoms with Crippen molar-refractivity contribution < 1.29 is 4.74 Å². The highest BCUT2D eigenvalue weighted by molar-refractivity contribution is 5.76. The fourth-order valence-electron chi connectivity index (χ4n) is 4.46. The van der Waals surface area contributed by atoms with Gasteiger partial charge < -0.3 is 9.72 Å². The molecule has 1 saturated heterocycles. The lowest BCUT2D eigenvalue weighted by Gasteiger charge is -2.48. The van der Waals surface area contributed by atoms with Crippen LogP contribution in [0, 0.1) is 0 Å². The maximum Gasteiger partial charge on any atom is 0.328 e. The van der Waals surface area contributed by atoms with Gasteiger partial charge in [0.05, 0.1) is 24.1 Å². The van der Waals surface area contributed by atoms with Crippen LogP contribution in [0.4, 0.5) is 0 Å². The number of hydrogen-bond donors (Lipinski definition) is 1. The summed E-state index contributed by atoms with van der Waals surface area (Å²) >= 11 is 0. The number of nitrogens with zero attached hydrogens (tertiary/aromatic N) is 2. The Bertz CT molecular complexity index is 858. The molecule has 1 N–H and O–H groups in total. The van der Waals surface area contributed by atoms with Crippen molar-refractivity contribution in [3.05, 3.63) is 45.1 Å². The second-order valence-corrected chi connectivity index (χ2v) is 7.25. The Kier molecular flexibility index (Phi) is 4.48. The normalized spacial score (nSPS) is 21.4. The number of rotatable bonds is 3. The van der Waals surface area contributed by atoms with E-state index in [1.165, 1.54) is 11.0 Å². The number of fused-ring (bicyclic) bond motifs is 1. The van der Waals surface area contributed by atoms with Gasteiger partial charge in [0.15, 0.2) is 0 Å². The molecule has 134 valence electrons. The topological polar surface area (TPSA) is 67.3 Å². The number of para-hydroxylation sites is 1. The third-order valence-corrected chi connectivity index (χ3v) is 5.81. The first kappa shape index (κ1) is 16.5. The molecule has 1 saturated carbocycles.